The number of benzene rings is 2. The average molecular weight is 408 g/mol. The average Bonchev–Trinajstić information content (AvgIpc) is 3.31. The Morgan fingerprint density at radius 3 is 2.60 bits per heavy atom. The number of hydrogen-bond acceptors (Lipinski definition) is 4. The van der Waals surface area contributed by atoms with Crippen LogP contribution >= 0.6 is 0 Å². The molecule has 6 nitrogen and oxygen atoms in total. The SMILES string of the molecule is CCc1ccc(OCC(O)CN2C(=O)NC(C)(c3ccc4c(c3)CCC4)C2=O)cc1. The fraction of sp³-hybridized carbons (Fsp3) is 0.417. The Kier molecular flexibility index (Phi) is 5.52. The lowest BCUT2D eigenvalue weighted by Crippen LogP contribution is -2.42. The third kappa shape index (κ3) is 3.79. The van der Waals surface area contributed by atoms with Crippen molar-refractivity contribution in [3.63, 3.8) is 0 Å². The Morgan fingerprint density at radius 2 is 1.87 bits per heavy atom. The Balaban J connectivity index is 1.40. The second-order valence-electron chi connectivity index (χ2n) is 8.27. The molecule has 1 heterocycles. The maximum Gasteiger partial charge on any atom is 0.325 e. The lowest BCUT2D eigenvalue weighted by Gasteiger charge is -2.24. The number of rotatable bonds is 7. The summed E-state index contributed by atoms with van der Waals surface area (Å²) < 4.78 is 5.62. The van der Waals surface area contributed by atoms with Crippen LogP contribution in [0.15, 0.2) is 42.5 Å². The van der Waals surface area contributed by atoms with Gasteiger partial charge in [0.2, 0.25) is 0 Å². The van der Waals surface area contributed by atoms with Gasteiger partial charge in [0.05, 0.1) is 6.54 Å². The van der Waals surface area contributed by atoms with Gasteiger partial charge in [-0.15, -0.1) is 0 Å². The van der Waals surface area contributed by atoms with E-state index < -0.39 is 17.7 Å². The minimum atomic E-state index is -1.12. The van der Waals surface area contributed by atoms with Crippen LogP contribution in [0.1, 0.15) is 42.5 Å². The molecule has 1 fully saturated rings. The Labute approximate surface area is 176 Å². The number of imide groups is 1. The summed E-state index contributed by atoms with van der Waals surface area (Å²) in [5, 5.41) is 13.2. The third-order valence-corrected chi connectivity index (χ3v) is 6.12. The van der Waals surface area contributed by atoms with Crippen molar-refractivity contribution in [2.24, 2.45) is 0 Å². The van der Waals surface area contributed by atoms with Crippen LogP contribution in [-0.4, -0.2) is 41.2 Å². The van der Waals surface area contributed by atoms with Gasteiger partial charge in [-0.1, -0.05) is 37.3 Å². The number of urea groups is 1. The van der Waals surface area contributed by atoms with Gasteiger partial charge in [0.25, 0.3) is 5.91 Å². The second-order valence-corrected chi connectivity index (χ2v) is 8.27. The fourth-order valence-electron chi connectivity index (χ4n) is 4.22. The lowest BCUT2D eigenvalue weighted by atomic mass is 9.89. The van der Waals surface area contributed by atoms with Crippen LogP contribution < -0.4 is 10.1 Å². The normalized spacial score (nSPS) is 21.5. The van der Waals surface area contributed by atoms with E-state index in [-0.39, 0.29) is 19.1 Å². The summed E-state index contributed by atoms with van der Waals surface area (Å²) in [6.45, 7) is 3.69. The van der Waals surface area contributed by atoms with E-state index in [2.05, 4.69) is 18.3 Å². The number of carbonyl (C=O) groups excluding carboxylic acids is 2. The molecule has 0 saturated carbocycles. The van der Waals surface area contributed by atoms with E-state index in [4.69, 9.17) is 4.74 Å². The number of aliphatic hydroxyl groups excluding tert-OH is 1. The first-order chi connectivity index (χ1) is 14.4. The van der Waals surface area contributed by atoms with Crippen molar-refractivity contribution in [2.75, 3.05) is 13.2 Å². The maximum absolute atomic E-state index is 13.1. The molecule has 1 saturated heterocycles. The van der Waals surface area contributed by atoms with E-state index in [1.165, 1.54) is 16.7 Å². The van der Waals surface area contributed by atoms with E-state index in [0.717, 1.165) is 36.1 Å². The van der Waals surface area contributed by atoms with Crippen molar-refractivity contribution in [3.8, 4) is 5.75 Å². The highest BCUT2D eigenvalue weighted by Crippen LogP contribution is 2.32. The van der Waals surface area contributed by atoms with Gasteiger partial charge in [-0.2, -0.15) is 0 Å². The molecular weight excluding hydrogens is 380 g/mol. The van der Waals surface area contributed by atoms with Crippen molar-refractivity contribution in [1.29, 1.82) is 0 Å². The monoisotopic (exact) mass is 408 g/mol. The summed E-state index contributed by atoms with van der Waals surface area (Å²) in [6, 6.07) is 13.2. The van der Waals surface area contributed by atoms with Crippen LogP contribution in [-0.2, 0) is 29.6 Å². The first kappa shape index (κ1) is 20.4. The Hall–Kier alpha value is -2.86. The van der Waals surface area contributed by atoms with E-state index >= 15 is 0 Å². The topological polar surface area (TPSA) is 78.9 Å². The molecule has 2 N–H and O–H groups in total. The number of aliphatic hydroxyl groups is 1. The van der Waals surface area contributed by atoms with E-state index in [9.17, 15) is 14.7 Å². The molecule has 0 aromatic heterocycles. The zero-order valence-corrected chi connectivity index (χ0v) is 17.5. The predicted octanol–water partition coefficient (Wildman–Crippen LogP) is 2.94. The number of nitrogens with zero attached hydrogens (tertiary/aromatic N) is 1. The first-order valence-corrected chi connectivity index (χ1v) is 10.6. The van der Waals surface area contributed by atoms with Crippen molar-refractivity contribution in [3.05, 3.63) is 64.7 Å². The molecule has 1 aliphatic carbocycles. The van der Waals surface area contributed by atoms with Crippen LogP contribution in [0.2, 0.25) is 0 Å². The molecule has 2 aromatic rings. The minimum absolute atomic E-state index is 0.00189. The van der Waals surface area contributed by atoms with Crippen molar-refractivity contribution >= 4 is 11.9 Å². The largest absolute Gasteiger partial charge is 0.491 e. The van der Waals surface area contributed by atoms with Gasteiger partial charge in [-0.05, 0) is 67.0 Å². The van der Waals surface area contributed by atoms with Gasteiger partial charge in [0.1, 0.15) is 24.0 Å². The van der Waals surface area contributed by atoms with E-state index in [0.29, 0.717) is 5.75 Å². The molecule has 2 aliphatic rings. The molecule has 30 heavy (non-hydrogen) atoms. The van der Waals surface area contributed by atoms with Crippen LogP contribution in [0.3, 0.4) is 0 Å². The van der Waals surface area contributed by atoms with Crippen LogP contribution in [0.25, 0.3) is 0 Å². The van der Waals surface area contributed by atoms with E-state index in [1.807, 2.05) is 36.4 Å². The van der Waals surface area contributed by atoms with Crippen molar-refractivity contribution in [1.82, 2.24) is 10.2 Å². The summed E-state index contributed by atoms with van der Waals surface area (Å²) in [6.07, 6.45) is 3.15. The zero-order chi connectivity index (χ0) is 21.3. The summed E-state index contributed by atoms with van der Waals surface area (Å²) in [4.78, 5) is 26.7. The molecular formula is C24H28N2O4. The second kappa shape index (κ2) is 8.11. The molecule has 2 aromatic carbocycles. The minimum Gasteiger partial charge on any atom is -0.491 e. The van der Waals surface area contributed by atoms with Crippen molar-refractivity contribution in [2.45, 2.75) is 51.2 Å². The standard InChI is InChI=1S/C24H28N2O4/c1-3-16-7-11-21(12-8-16)30-15-20(27)14-26-22(28)24(2,25-23(26)29)19-10-9-17-5-4-6-18(17)13-19/h7-13,20,27H,3-6,14-15H2,1-2H3,(H,25,29). The Morgan fingerprint density at radius 1 is 1.13 bits per heavy atom. The number of aryl methyl sites for hydroxylation is 3. The van der Waals surface area contributed by atoms with Gasteiger partial charge in [-0.25, -0.2) is 4.79 Å². The van der Waals surface area contributed by atoms with Crippen LogP contribution in [0, 0.1) is 0 Å². The van der Waals surface area contributed by atoms with Gasteiger partial charge in [0.15, 0.2) is 0 Å². The van der Waals surface area contributed by atoms with Gasteiger partial charge < -0.3 is 15.2 Å². The number of fused-ring (bicyclic) bond motifs is 1. The van der Waals surface area contributed by atoms with Gasteiger partial charge in [0, 0.05) is 0 Å². The number of hydrogen-bond donors (Lipinski definition) is 2. The number of carbonyl (C=O) groups is 2. The highest BCUT2D eigenvalue weighted by atomic mass is 16.5. The van der Waals surface area contributed by atoms with Gasteiger partial charge in [-0.3, -0.25) is 9.69 Å². The summed E-state index contributed by atoms with van der Waals surface area (Å²) in [5.74, 6) is 0.295. The van der Waals surface area contributed by atoms with Crippen LogP contribution in [0.5, 0.6) is 5.75 Å². The number of ether oxygens (including phenoxy) is 1. The molecule has 4 rings (SSSR count). The highest BCUT2D eigenvalue weighted by molar-refractivity contribution is 6.07. The number of nitrogens with one attached hydrogen (secondary N) is 1. The zero-order valence-electron chi connectivity index (χ0n) is 17.5. The summed E-state index contributed by atoms with van der Waals surface area (Å²) >= 11 is 0. The summed E-state index contributed by atoms with van der Waals surface area (Å²) in [5.41, 5.74) is 3.43. The molecule has 0 bridgehead atoms. The maximum atomic E-state index is 13.1. The molecule has 1 aliphatic heterocycles. The molecule has 6 heteroatoms. The smallest absolute Gasteiger partial charge is 0.325 e. The quantitative estimate of drug-likeness (QED) is 0.691. The number of β-amino-alcohol motifs (C(OH)–C–C–N with tert-alkyl or cyclic N) is 1. The molecule has 3 amide bonds. The van der Waals surface area contributed by atoms with Gasteiger partial charge >= 0.3 is 6.03 Å². The molecule has 2 unspecified atom stereocenters. The lowest BCUT2D eigenvalue weighted by molar-refractivity contribution is -0.132. The Bertz CT molecular complexity index is 956. The number of amides is 3. The molecule has 158 valence electrons. The summed E-state index contributed by atoms with van der Waals surface area (Å²) in [7, 11) is 0. The van der Waals surface area contributed by atoms with Crippen LogP contribution in [0.4, 0.5) is 4.79 Å². The predicted molar refractivity (Wildman–Crippen MR) is 113 cm³/mol. The third-order valence-electron chi connectivity index (χ3n) is 6.12. The molecule has 2 atom stereocenters. The highest BCUT2D eigenvalue weighted by Gasteiger charge is 2.49. The van der Waals surface area contributed by atoms with Crippen molar-refractivity contribution < 1.29 is 19.4 Å². The fourth-order valence-corrected chi connectivity index (χ4v) is 4.22. The molecule has 0 radical (unpaired) electrons. The van der Waals surface area contributed by atoms with E-state index in [1.54, 1.807) is 6.92 Å². The first-order valence-electron chi connectivity index (χ1n) is 10.6. The molecule has 0 spiro atoms.